The lowest BCUT2D eigenvalue weighted by Gasteiger charge is -1.98. The number of isothiocyanates is 1. The van der Waals surface area contributed by atoms with E-state index in [4.69, 9.17) is 0 Å². The van der Waals surface area contributed by atoms with Crippen molar-refractivity contribution in [3.05, 3.63) is 0 Å². The zero-order valence-electron chi connectivity index (χ0n) is 5.50. The van der Waals surface area contributed by atoms with Crippen LogP contribution < -0.4 is 0 Å². The lowest BCUT2D eigenvalue weighted by molar-refractivity contribution is 0.705. The van der Waals surface area contributed by atoms with Crippen molar-refractivity contribution in [2.24, 2.45) is 4.99 Å². The number of hydrogen-bond donors (Lipinski definition) is 1. The second-order valence-electron chi connectivity index (χ2n) is 1.84. The molecule has 0 aliphatic carbocycles. The summed E-state index contributed by atoms with van der Waals surface area (Å²) in [5.41, 5.74) is 0. The highest BCUT2D eigenvalue weighted by Crippen LogP contribution is 2.06. The molecular formula is C6H11NS2. The van der Waals surface area contributed by atoms with Gasteiger partial charge in [0.05, 0.1) is 5.16 Å². The molecular weight excluding hydrogens is 150 g/mol. The number of aliphatic imine (C=N–C) groups is 1. The second kappa shape index (κ2) is 6.27. The maximum absolute atomic E-state index is 4.41. The Labute approximate surface area is 67.0 Å². The van der Waals surface area contributed by atoms with Gasteiger partial charge >= 0.3 is 0 Å². The van der Waals surface area contributed by atoms with Gasteiger partial charge in [-0.15, -0.1) is 0 Å². The smallest absolute Gasteiger partial charge is 0.103 e. The summed E-state index contributed by atoms with van der Waals surface area (Å²) in [5.74, 6) is 0. The van der Waals surface area contributed by atoms with Crippen molar-refractivity contribution in [3.8, 4) is 0 Å². The highest BCUT2D eigenvalue weighted by Gasteiger charge is 1.95. The predicted octanol–water partition coefficient (Wildman–Crippen LogP) is 2.54. The van der Waals surface area contributed by atoms with Gasteiger partial charge in [-0.25, -0.2) is 4.99 Å². The van der Waals surface area contributed by atoms with Gasteiger partial charge in [0.15, 0.2) is 0 Å². The fraction of sp³-hybridized carbons (Fsp3) is 0.833. The molecule has 1 nitrogen and oxygen atoms in total. The van der Waals surface area contributed by atoms with Crippen LogP contribution in [0.15, 0.2) is 4.99 Å². The van der Waals surface area contributed by atoms with Crippen LogP contribution in [-0.2, 0) is 0 Å². The lowest BCUT2D eigenvalue weighted by atomic mass is 10.2. The van der Waals surface area contributed by atoms with E-state index in [0.29, 0.717) is 0 Å². The average Bonchev–Trinajstić information content (AvgIpc) is 1.85. The topological polar surface area (TPSA) is 12.4 Å². The van der Waals surface area contributed by atoms with Crippen molar-refractivity contribution in [2.75, 3.05) is 0 Å². The van der Waals surface area contributed by atoms with E-state index in [1.54, 1.807) is 0 Å². The molecule has 0 saturated carbocycles. The standard InChI is InChI=1S/C6H11NS2/c1-2-3-4-6(9)7-5-8/h6,9H,2-4H2,1H3. The lowest BCUT2D eigenvalue weighted by Crippen LogP contribution is -1.91. The first-order valence-electron chi connectivity index (χ1n) is 3.06. The van der Waals surface area contributed by atoms with E-state index in [1.807, 2.05) is 0 Å². The van der Waals surface area contributed by atoms with Crippen LogP contribution in [0.5, 0.6) is 0 Å². The fourth-order valence-corrected chi connectivity index (χ4v) is 0.958. The summed E-state index contributed by atoms with van der Waals surface area (Å²) in [7, 11) is 0. The number of thiol groups is 1. The Morgan fingerprint density at radius 3 is 2.89 bits per heavy atom. The Kier molecular flexibility index (Phi) is 6.38. The van der Waals surface area contributed by atoms with Crippen LogP contribution in [0.2, 0.25) is 0 Å². The minimum Gasteiger partial charge on any atom is -0.218 e. The van der Waals surface area contributed by atoms with E-state index >= 15 is 0 Å². The summed E-state index contributed by atoms with van der Waals surface area (Å²) >= 11 is 8.56. The van der Waals surface area contributed by atoms with Gasteiger partial charge in [0.2, 0.25) is 0 Å². The first-order valence-corrected chi connectivity index (χ1v) is 3.98. The van der Waals surface area contributed by atoms with Gasteiger partial charge in [0.1, 0.15) is 5.37 Å². The third kappa shape index (κ3) is 6.03. The normalized spacial score (nSPS) is 12.2. The van der Waals surface area contributed by atoms with Crippen molar-refractivity contribution >= 4 is 30.0 Å². The quantitative estimate of drug-likeness (QED) is 0.379. The van der Waals surface area contributed by atoms with Gasteiger partial charge in [0, 0.05) is 0 Å². The van der Waals surface area contributed by atoms with Gasteiger partial charge in [-0.1, -0.05) is 19.8 Å². The molecule has 0 aliphatic heterocycles. The molecule has 0 aromatic heterocycles. The molecule has 0 spiro atoms. The number of hydrogen-bond acceptors (Lipinski definition) is 3. The van der Waals surface area contributed by atoms with Crippen molar-refractivity contribution < 1.29 is 0 Å². The Hall–Kier alpha value is 0.150. The highest BCUT2D eigenvalue weighted by molar-refractivity contribution is 7.81. The maximum Gasteiger partial charge on any atom is 0.103 e. The molecule has 0 rings (SSSR count). The largest absolute Gasteiger partial charge is 0.218 e. The summed E-state index contributed by atoms with van der Waals surface area (Å²) in [5, 5.41) is 2.38. The van der Waals surface area contributed by atoms with E-state index in [2.05, 4.69) is 41.9 Å². The molecule has 0 bridgehead atoms. The monoisotopic (exact) mass is 161 g/mol. The second-order valence-corrected chi connectivity index (χ2v) is 2.62. The molecule has 0 saturated heterocycles. The number of unbranched alkanes of at least 4 members (excludes halogenated alkanes) is 1. The first-order chi connectivity index (χ1) is 4.31. The molecule has 0 aliphatic rings. The number of rotatable bonds is 4. The van der Waals surface area contributed by atoms with Crippen LogP contribution in [0.1, 0.15) is 26.2 Å². The van der Waals surface area contributed by atoms with Crippen LogP contribution in [0.3, 0.4) is 0 Å². The molecule has 0 heterocycles. The fourth-order valence-electron chi connectivity index (χ4n) is 0.512. The molecule has 0 radical (unpaired) electrons. The zero-order valence-corrected chi connectivity index (χ0v) is 7.21. The average molecular weight is 161 g/mol. The van der Waals surface area contributed by atoms with Gasteiger partial charge < -0.3 is 0 Å². The van der Waals surface area contributed by atoms with Crippen LogP contribution in [0.25, 0.3) is 0 Å². The predicted molar refractivity (Wildman–Crippen MR) is 47.3 cm³/mol. The molecule has 52 valence electrons. The third-order valence-corrected chi connectivity index (χ3v) is 1.50. The molecule has 0 N–H and O–H groups in total. The minimum atomic E-state index is 0.0717. The zero-order chi connectivity index (χ0) is 7.11. The van der Waals surface area contributed by atoms with E-state index in [1.165, 1.54) is 6.42 Å². The molecule has 0 aromatic rings. The van der Waals surface area contributed by atoms with E-state index in [0.717, 1.165) is 12.8 Å². The van der Waals surface area contributed by atoms with Gasteiger partial charge in [-0.3, -0.25) is 0 Å². The summed E-state index contributed by atoms with van der Waals surface area (Å²) < 4.78 is 0. The van der Waals surface area contributed by atoms with Crippen LogP contribution in [-0.4, -0.2) is 10.5 Å². The summed E-state index contributed by atoms with van der Waals surface area (Å²) in [4.78, 5) is 3.79. The minimum absolute atomic E-state index is 0.0717. The SMILES string of the molecule is CCCCC(S)N=C=S. The Morgan fingerprint density at radius 1 is 1.78 bits per heavy atom. The van der Waals surface area contributed by atoms with Crippen LogP contribution >= 0.6 is 24.8 Å². The maximum atomic E-state index is 4.41. The Morgan fingerprint density at radius 2 is 2.44 bits per heavy atom. The highest BCUT2D eigenvalue weighted by atomic mass is 32.1. The number of nitrogens with zero attached hydrogens (tertiary/aromatic N) is 1. The first kappa shape index (κ1) is 9.15. The summed E-state index contributed by atoms with van der Waals surface area (Å²) in [6.45, 7) is 2.14. The van der Waals surface area contributed by atoms with Crippen molar-refractivity contribution in [3.63, 3.8) is 0 Å². The Balaban J connectivity index is 3.26. The van der Waals surface area contributed by atoms with Crippen LogP contribution in [0, 0.1) is 0 Å². The van der Waals surface area contributed by atoms with E-state index < -0.39 is 0 Å². The molecule has 0 amide bonds. The van der Waals surface area contributed by atoms with Gasteiger partial charge in [0.25, 0.3) is 0 Å². The molecule has 0 aromatic carbocycles. The summed E-state index contributed by atoms with van der Waals surface area (Å²) in [6, 6.07) is 0. The van der Waals surface area contributed by atoms with Crippen molar-refractivity contribution in [1.82, 2.24) is 0 Å². The number of thiocarbonyl (C=S) groups is 1. The molecule has 9 heavy (non-hydrogen) atoms. The summed E-state index contributed by atoms with van der Waals surface area (Å²) in [6.07, 6.45) is 3.35. The van der Waals surface area contributed by atoms with E-state index in [9.17, 15) is 0 Å². The van der Waals surface area contributed by atoms with Gasteiger partial charge in [-0.2, -0.15) is 12.6 Å². The molecule has 3 heteroatoms. The van der Waals surface area contributed by atoms with Crippen molar-refractivity contribution in [1.29, 1.82) is 0 Å². The molecule has 1 unspecified atom stereocenters. The van der Waals surface area contributed by atoms with Crippen molar-refractivity contribution in [2.45, 2.75) is 31.6 Å². The van der Waals surface area contributed by atoms with E-state index in [-0.39, 0.29) is 5.37 Å². The Bertz CT molecular complexity index is 108. The van der Waals surface area contributed by atoms with Crippen LogP contribution in [0.4, 0.5) is 0 Å². The third-order valence-electron chi connectivity index (χ3n) is 1.02. The molecule has 1 atom stereocenters. The van der Waals surface area contributed by atoms with Gasteiger partial charge in [-0.05, 0) is 18.6 Å². The molecule has 0 fully saturated rings.